The van der Waals surface area contributed by atoms with Crippen molar-refractivity contribution in [3.63, 3.8) is 0 Å². The molecule has 20 heteroatoms. The highest BCUT2D eigenvalue weighted by Gasteiger charge is 2.96. The molecule has 0 aromatic heterocycles. The Morgan fingerprint density at radius 1 is 0.387 bits per heavy atom. The highest BCUT2D eigenvalue weighted by atomic mass is 32.2. The van der Waals surface area contributed by atoms with Crippen LogP contribution in [-0.2, 0) is 0 Å². The van der Waals surface area contributed by atoms with Crippen LogP contribution in [0, 0.1) is 0 Å². The minimum Gasteiger partial charge on any atom is -0.199 e. The predicted octanol–water partition coefficient (Wildman–Crippen LogP) is 6.99. The van der Waals surface area contributed by atoms with Gasteiger partial charge in [-0.2, -0.15) is 95.2 Å². The third-order valence-electron chi connectivity index (χ3n) is 3.51. The van der Waals surface area contributed by atoms with Gasteiger partial charge < -0.3 is 0 Å². The van der Waals surface area contributed by atoms with Gasteiger partial charge in [-0.05, 0) is 6.26 Å². The van der Waals surface area contributed by atoms with Crippen LogP contribution in [-0.4, -0.2) is 65.6 Å². The monoisotopic (exact) mass is 530 g/mol. The van der Waals surface area contributed by atoms with E-state index in [0.29, 0.717) is 6.26 Å². The molecule has 0 rings (SSSR count). The van der Waals surface area contributed by atoms with E-state index in [2.05, 4.69) is 0 Å². The van der Waals surface area contributed by atoms with Crippen molar-refractivity contribution in [2.75, 3.05) is 12.0 Å². The van der Waals surface area contributed by atoms with Gasteiger partial charge in [0.2, 0.25) is 0 Å². The normalized spacial score (nSPS) is 16.6. The summed E-state index contributed by atoms with van der Waals surface area (Å²) >= 11 is -0.502. The standard InChI is InChI=1S/C11H5F19S/c1-31-2-3(12,13)4(14,15)5(16,17)6(18,19)7(20,21)8(22,23)9(24,25)10(26,27)11(28,29)30/h2H2,1H3. The molecule has 0 spiro atoms. The van der Waals surface area contributed by atoms with Crippen LogP contribution in [0.3, 0.4) is 0 Å². The molecule has 0 bridgehead atoms. The maximum Gasteiger partial charge on any atom is 0.460 e. The van der Waals surface area contributed by atoms with Crippen LogP contribution in [0.2, 0.25) is 0 Å². The van der Waals surface area contributed by atoms with Crippen LogP contribution < -0.4 is 0 Å². The summed E-state index contributed by atoms with van der Waals surface area (Å²) < 4.78 is 245. The van der Waals surface area contributed by atoms with E-state index in [0.717, 1.165) is 0 Å². The van der Waals surface area contributed by atoms with Crippen LogP contribution in [0.25, 0.3) is 0 Å². The van der Waals surface area contributed by atoms with Gasteiger partial charge in [-0.3, -0.25) is 0 Å². The van der Waals surface area contributed by atoms with Crippen molar-refractivity contribution >= 4 is 11.8 Å². The molecule has 0 unspecified atom stereocenters. The first kappa shape index (κ1) is 30.0. The van der Waals surface area contributed by atoms with Gasteiger partial charge in [-0.1, -0.05) is 0 Å². The van der Waals surface area contributed by atoms with Crippen LogP contribution in [0.4, 0.5) is 83.4 Å². The summed E-state index contributed by atoms with van der Waals surface area (Å²) in [6, 6.07) is 0. The van der Waals surface area contributed by atoms with Gasteiger partial charge in [0, 0.05) is 0 Å². The molecule has 0 aromatic carbocycles. The largest absolute Gasteiger partial charge is 0.460 e. The van der Waals surface area contributed by atoms with Gasteiger partial charge >= 0.3 is 53.6 Å². The first-order valence-corrected chi connectivity index (χ1v) is 8.03. The van der Waals surface area contributed by atoms with Crippen molar-refractivity contribution in [3.8, 4) is 0 Å². The Bertz CT molecular complexity index is 644. The number of hydrogen-bond donors (Lipinski definition) is 0. The minimum absolute atomic E-state index is 0.447. The Kier molecular flexibility index (Phi) is 7.29. The third kappa shape index (κ3) is 3.76. The fourth-order valence-corrected chi connectivity index (χ4v) is 2.21. The SMILES string of the molecule is CSCC(F)(F)C(F)(F)C(F)(F)C(F)(F)C(F)(F)C(F)(F)C(F)(F)C(F)(F)C(F)(F)F. The fourth-order valence-electron chi connectivity index (χ4n) is 1.67. The lowest BCUT2D eigenvalue weighted by Gasteiger charge is -2.43. The van der Waals surface area contributed by atoms with Crippen LogP contribution in [0.15, 0.2) is 0 Å². The number of alkyl halides is 19. The molecular formula is C11H5F19S. The Labute approximate surface area is 162 Å². The molecule has 0 nitrogen and oxygen atoms in total. The minimum atomic E-state index is -8.86. The molecule has 0 fully saturated rings. The maximum absolute atomic E-state index is 13.3. The average molecular weight is 530 g/mol. The summed E-state index contributed by atoms with van der Waals surface area (Å²) in [4.78, 5) is 0. The topological polar surface area (TPSA) is 0 Å². The number of rotatable bonds is 9. The van der Waals surface area contributed by atoms with E-state index >= 15 is 0 Å². The first-order valence-electron chi connectivity index (χ1n) is 6.64. The Hall–Kier alpha value is -0.980. The van der Waals surface area contributed by atoms with E-state index in [1.54, 1.807) is 0 Å². The summed E-state index contributed by atoms with van der Waals surface area (Å²) in [5, 5.41) is 0. The van der Waals surface area contributed by atoms with Gasteiger partial charge in [-0.25, -0.2) is 0 Å². The van der Waals surface area contributed by atoms with Gasteiger partial charge in [0.25, 0.3) is 0 Å². The van der Waals surface area contributed by atoms with Gasteiger partial charge in [0.15, 0.2) is 0 Å². The molecule has 0 aliphatic heterocycles. The van der Waals surface area contributed by atoms with Crippen molar-refractivity contribution in [1.29, 1.82) is 0 Å². The molecule has 0 aliphatic carbocycles. The fraction of sp³-hybridized carbons (Fsp3) is 1.00. The molecular weight excluding hydrogens is 525 g/mol. The number of hydrogen-bond acceptors (Lipinski definition) is 1. The quantitative estimate of drug-likeness (QED) is 0.290. The molecule has 0 atom stereocenters. The second kappa shape index (κ2) is 7.53. The predicted molar refractivity (Wildman–Crippen MR) is 64.0 cm³/mol. The van der Waals surface area contributed by atoms with E-state index in [1.807, 2.05) is 0 Å². The third-order valence-corrected chi connectivity index (χ3v) is 4.16. The van der Waals surface area contributed by atoms with E-state index in [1.165, 1.54) is 0 Å². The highest BCUT2D eigenvalue weighted by molar-refractivity contribution is 7.98. The molecule has 0 saturated heterocycles. The second-order valence-electron chi connectivity index (χ2n) is 5.66. The number of halogens is 19. The van der Waals surface area contributed by atoms with Gasteiger partial charge in [0.1, 0.15) is 0 Å². The lowest BCUT2D eigenvalue weighted by Crippen LogP contribution is -2.76. The second-order valence-corrected chi connectivity index (χ2v) is 6.52. The average Bonchev–Trinajstić information content (AvgIpc) is 2.52. The van der Waals surface area contributed by atoms with Crippen molar-refractivity contribution in [2.45, 2.75) is 53.6 Å². The molecule has 0 radical (unpaired) electrons. The molecule has 0 aliphatic rings. The Morgan fingerprint density at radius 3 is 0.839 bits per heavy atom. The van der Waals surface area contributed by atoms with E-state index < -0.39 is 71.1 Å². The summed E-state index contributed by atoms with van der Waals surface area (Å²) in [7, 11) is 0. The zero-order chi connectivity index (χ0) is 25.9. The lowest BCUT2D eigenvalue weighted by molar-refractivity contribution is -0.468. The first-order chi connectivity index (χ1) is 13.1. The number of thioether (sulfide) groups is 1. The van der Waals surface area contributed by atoms with Crippen LogP contribution in [0.1, 0.15) is 0 Å². The molecule has 188 valence electrons. The summed E-state index contributed by atoms with van der Waals surface area (Å²) in [6.45, 7) is 0. The molecule has 0 N–H and O–H groups in total. The summed E-state index contributed by atoms with van der Waals surface area (Å²) in [5.41, 5.74) is 0. The Morgan fingerprint density at radius 2 is 0.613 bits per heavy atom. The highest BCUT2D eigenvalue weighted by Crippen LogP contribution is 2.65. The molecule has 0 saturated carbocycles. The molecule has 0 aromatic rings. The van der Waals surface area contributed by atoms with E-state index in [9.17, 15) is 83.4 Å². The van der Waals surface area contributed by atoms with Gasteiger partial charge in [0.05, 0.1) is 5.75 Å². The zero-order valence-electron chi connectivity index (χ0n) is 13.8. The Balaban J connectivity index is 6.84. The van der Waals surface area contributed by atoms with Crippen LogP contribution in [0.5, 0.6) is 0 Å². The van der Waals surface area contributed by atoms with E-state index in [-0.39, 0.29) is 0 Å². The zero-order valence-corrected chi connectivity index (χ0v) is 14.6. The molecule has 31 heavy (non-hydrogen) atoms. The van der Waals surface area contributed by atoms with Crippen LogP contribution >= 0.6 is 11.8 Å². The smallest absolute Gasteiger partial charge is 0.199 e. The van der Waals surface area contributed by atoms with E-state index in [4.69, 9.17) is 0 Å². The summed E-state index contributed by atoms with van der Waals surface area (Å²) in [6.07, 6.45) is -7.42. The van der Waals surface area contributed by atoms with Crippen molar-refractivity contribution in [1.82, 2.24) is 0 Å². The van der Waals surface area contributed by atoms with Crippen molar-refractivity contribution in [2.24, 2.45) is 0 Å². The lowest BCUT2D eigenvalue weighted by atomic mass is 9.87. The molecule has 0 amide bonds. The van der Waals surface area contributed by atoms with Gasteiger partial charge in [-0.15, -0.1) is 0 Å². The maximum atomic E-state index is 13.3. The van der Waals surface area contributed by atoms with Crippen molar-refractivity contribution in [3.05, 3.63) is 0 Å². The molecule has 0 heterocycles. The van der Waals surface area contributed by atoms with Crippen molar-refractivity contribution < 1.29 is 83.4 Å². The summed E-state index contributed by atoms with van der Waals surface area (Å²) in [5.74, 6) is -68.4.